The molecule has 5 nitrogen and oxygen atoms in total. The van der Waals surface area contributed by atoms with Crippen LogP contribution < -0.4 is 11.1 Å². The van der Waals surface area contributed by atoms with Crippen molar-refractivity contribution in [2.24, 2.45) is 0 Å². The van der Waals surface area contributed by atoms with Crippen molar-refractivity contribution in [3.8, 4) is 0 Å². The normalized spacial score (nSPS) is 10.7. The van der Waals surface area contributed by atoms with Crippen molar-refractivity contribution in [2.75, 3.05) is 5.73 Å². The van der Waals surface area contributed by atoms with Crippen LogP contribution in [-0.4, -0.2) is 15.9 Å². The lowest BCUT2D eigenvalue weighted by atomic mass is 10.2. The van der Waals surface area contributed by atoms with E-state index in [0.29, 0.717) is 27.5 Å². The average molecular weight is 363 g/mol. The first-order chi connectivity index (χ1) is 10.2. The van der Waals surface area contributed by atoms with E-state index in [1.807, 2.05) is 24.3 Å². The number of aromatic nitrogens is 2. The van der Waals surface area contributed by atoms with Gasteiger partial charge in [0.05, 0.1) is 5.69 Å². The van der Waals surface area contributed by atoms with Gasteiger partial charge in [0.1, 0.15) is 15.2 Å². The Morgan fingerprint density at radius 1 is 1.29 bits per heavy atom. The van der Waals surface area contributed by atoms with E-state index in [9.17, 15) is 4.79 Å². The smallest absolute Gasteiger partial charge is 0.263 e. The third-order valence-corrected chi connectivity index (χ3v) is 4.84. The minimum atomic E-state index is -0.215. The van der Waals surface area contributed by atoms with Gasteiger partial charge in [0, 0.05) is 23.4 Å². The number of nitrogens with zero attached hydrogens (tertiary/aromatic N) is 2. The molecule has 3 N–H and O–H groups in total. The number of rotatable bonds is 3. The van der Waals surface area contributed by atoms with Crippen LogP contribution in [0.5, 0.6) is 0 Å². The van der Waals surface area contributed by atoms with Crippen molar-refractivity contribution in [1.29, 1.82) is 0 Å². The number of nitrogen functional groups attached to an aromatic ring is 1. The van der Waals surface area contributed by atoms with Gasteiger partial charge < -0.3 is 11.1 Å². The molecule has 0 fully saturated rings. The van der Waals surface area contributed by atoms with E-state index < -0.39 is 0 Å². The van der Waals surface area contributed by atoms with Gasteiger partial charge in [0.15, 0.2) is 0 Å². The fourth-order valence-corrected chi connectivity index (χ4v) is 3.27. The minimum absolute atomic E-state index is 0.215. The first kappa shape index (κ1) is 14.0. The summed E-state index contributed by atoms with van der Waals surface area (Å²) in [7, 11) is 0. The number of thiophene rings is 1. The van der Waals surface area contributed by atoms with E-state index in [2.05, 4.69) is 31.2 Å². The molecule has 2 heterocycles. The molecule has 0 radical (unpaired) electrons. The maximum absolute atomic E-state index is 12.3. The molecule has 2 aromatic heterocycles. The number of nitrogens with one attached hydrogen (secondary N) is 1. The van der Waals surface area contributed by atoms with Crippen LogP contribution in [0.1, 0.15) is 15.2 Å². The van der Waals surface area contributed by atoms with Gasteiger partial charge >= 0.3 is 0 Å². The molecule has 3 rings (SSSR count). The molecular formula is C14H11BrN4OS. The molecule has 21 heavy (non-hydrogen) atoms. The first-order valence-corrected chi connectivity index (χ1v) is 7.78. The topological polar surface area (TPSA) is 80.9 Å². The van der Waals surface area contributed by atoms with Crippen LogP contribution in [0.2, 0.25) is 0 Å². The summed E-state index contributed by atoms with van der Waals surface area (Å²) in [5.41, 5.74) is 7.94. The van der Waals surface area contributed by atoms with Gasteiger partial charge in [-0.3, -0.25) is 4.79 Å². The lowest BCUT2D eigenvalue weighted by molar-refractivity contribution is 0.0955. The molecule has 7 heteroatoms. The van der Waals surface area contributed by atoms with E-state index in [4.69, 9.17) is 5.73 Å². The van der Waals surface area contributed by atoms with E-state index in [1.54, 1.807) is 12.4 Å². The summed E-state index contributed by atoms with van der Waals surface area (Å²) in [5, 5.41) is 2.86. The first-order valence-electron chi connectivity index (χ1n) is 6.17. The highest BCUT2D eigenvalue weighted by Crippen LogP contribution is 2.30. The summed E-state index contributed by atoms with van der Waals surface area (Å²) >= 11 is 4.70. The van der Waals surface area contributed by atoms with Crippen LogP contribution in [0.4, 0.5) is 5.69 Å². The van der Waals surface area contributed by atoms with Crippen LogP contribution in [0.3, 0.4) is 0 Å². The van der Waals surface area contributed by atoms with Crippen LogP contribution in [0, 0.1) is 0 Å². The largest absolute Gasteiger partial charge is 0.396 e. The fourth-order valence-electron chi connectivity index (χ4n) is 1.91. The zero-order valence-corrected chi connectivity index (χ0v) is 13.2. The fraction of sp³-hybridized carbons (Fsp3) is 0.0714. The number of carbonyl (C=O) groups excluding carboxylic acids is 1. The lowest BCUT2D eigenvalue weighted by Gasteiger charge is -2.06. The van der Waals surface area contributed by atoms with Crippen molar-refractivity contribution < 1.29 is 4.79 Å². The van der Waals surface area contributed by atoms with E-state index in [-0.39, 0.29) is 5.91 Å². The van der Waals surface area contributed by atoms with E-state index in [1.165, 1.54) is 11.3 Å². The van der Waals surface area contributed by atoms with E-state index in [0.717, 1.165) is 10.0 Å². The number of hydrogen-bond acceptors (Lipinski definition) is 5. The van der Waals surface area contributed by atoms with Crippen LogP contribution in [0.15, 0.2) is 41.1 Å². The van der Waals surface area contributed by atoms with Crippen molar-refractivity contribution in [3.05, 3.63) is 51.6 Å². The summed E-state index contributed by atoms with van der Waals surface area (Å²) in [4.78, 5) is 21.7. The third-order valence-electron chi connectivity index (χ3n) is 2.97. The summed E-state index contributed by atoms with van der Waals surface area (Å²) in [6, 6.07) is 7.73. The summed E-state index contributed by atoms with van der Waals surface area (Å²) in [6.07, 6.45) is 3.15. The number of benzene rings is 1. The Labute approximate surface area is 133 Å². The molecule has 0 atom stereocenters. The molecule has 106 valence electrons. The number of fused-ring (bicyclic) bond motifs is 1. The van der Waals surface area contributed by atoms with Gasteiger partial charge in [-0.2, -0.15) is 0 Å². The van der Waals surface area contributed by atoms with Gasteiger partial charge in [-0.15, -0.1) is 11.3 Å². The SMILES string of the molecule is Nc1c(C(=O)NCc2ccccc2Br)sc2nccnc12. The van der Waals surface area contributed by atoms with Crippen LogP contribution in [-0.2, 0) is 6.54 Å². The number of carbonyl (C=O) groups is 1. The predicted molar refractivity (Wildman–Crippen MR) is 87.1 cm³/mol. The van der Waals surface area contributed by atoms with Gasteiger partial charge in [0.25, 0.3) is 5.91 Å². The maximum Gasteiger partial charge on any atom is 0.263 e. The number of halogens is 1. The quantitative estimate of drug-likeness (QED) is 0.750. The predicted octanol–water partition coefficient (Wildman–Crippen LogP) is 2.97. The van der Waals surface area contributed by atoms with Crippen LogP contribution >= 0.6 is 27.3 Å². The summed E-state index contributed by atoms with van der Waals surface area (Å²) in [5.74, 6) is -0.215. The Hall–Kier alpha value is -1.99. The molecule has 0 aliphatic heterocycles. The van der Waals surface area contributed by atoms with Crippen molar-refractivity contribution in [3.63, 3.8) is 0 Å². The second-order valence-corrected chi connectivity index (χ2v) is 6.18. The second kappa shape index (κ2) is 5.79. The number of nitrogens with two attached hydrogens (primary N) is 1. The Morgan fingerprint density at radius 3 is 2.81 bits per heavy atom. The standard InChI is InChI=1S/C14H11BrN4OS/c15-9-4-2-1-3-8(9)7-19-13(20)12-10(16)11-14(21-12)18-6-5-17-11/h1-6H,7,16H2,(H,19,20). The molecule has 0 unspecified atom stereocenters. The zero-order valence-electron chi connectivity index (χ0n) is 10.8. The molecule has 3 aromatic rings. The Morgan fingerprint density at radius 2 is 2.05 bits per heavy atom. The molecule has 0 aliphatic rings. The molecule has 0 aliphatic carbocycles. The summed E-state index contributed by atoms with van der Waals surface area (Å²) < 4.78 is 0.956. The zero-order chi connectivity index (χ0) is 14.8. The molecular weight excluding hydrogens is 352 g/mol. The van der Waals surface area contributed by atoms with E-state index >= 15 is 0 Å². The number of amides is 1. The van der Waals surface area contributed by atoms with Gasteiger partial charge in [-0.1, -0.05) is 34.1 Å². The lowest BCUT2D eigenvalue weighted by Crippen LogP contribution is -2.22. The highest BCUT2D eigenvalue weighted by molar-refractivity contribution is 9.10. The van der Waals surface area contributed by atoms with Gasteiger partial charge in [-0.25, -0.2) is 9.97 Å². The highest BCUT2D eigenvalue weighted by Gasteiger charge is 2.17. The van der Waals surface area contributed by atoms with Crippen molar-refractivity contribution in [1.82, 2.24) is 15.3 Å². The average Bonchev–Trinajstić information content (AvgIpc) is 2.84. The number of anilines is 1. The molecule has 0 bridgehead atoms. The maximum atomic E-state index is 12.3. The van der Waals surface area contributed by atoms with Crippen molar-refractivity contribution in [2.45, 2.75) is 6.54 Å². The molecule has 1 aromatic carbocycles. The highest BCUT2D eigenvalue weighted by atomic mass is 79.9. The third kappa shape index (κ3) is 2.74. The van der Waals surface area contributed by atoms with Crippen LogP contribution in [0.25, 0.3) is 10.3 Å². The molecule has 0 saturated carbocycles. The number of hydrogen-bond donors (Lipinski definition) is 2. The van der Waals surface area contributed by atoms with Gasteiger partial charge in [-0.05, 0) is 11.6 Å². The second-order valence-electron chi connectivity index (χ2n) is 4.33. The molecule has 1 amide bonds. The minimum Gasteiger partial charge on any atom is -0.396 e. The monoisotopic (exact) mass is 362 g/mol. The Kier molecular flexibility index (Phi) is 3.85. The molecule has 0 spiro atoms. The Bertz CT molecular complexity index is 818. The summed E-state index contributed by atoms with van der Waals surface area (Å²) in [6.45, 7) is 0.425. The molecule has 0 saturated heterocycles. The van der Waals surface area contributed by atoms with Crippen molar-refractivity contribution >= 4 is 49.2 Å². The van der Waals surface area contributed by atoms with Gasteiger partial charge in [0.2, 0.25) is 0 Å². The Balaban J connectivity index is 1.81.